The van der Waals surface area contributed by atoms with E-state index >= 15 is 0 Å². The Hall–Kier alpha value is -1.57. The zero-order chi connectivity index (χ0) is 10.5. The van der Waals surface area contributed by atoms with E-state index in [0.717, 1.165) is 30.7 Å². The van der Waals surface area contributed by atoms with E-state index in [1.165, 1.54) is 5.56 Å². The van der Waals surface area contributed by atoms with Crippen molar-refractivity contribution >= 4 is 0 Å². The Labute approximate surface area is 90.0 Å². The number of nitrogens with zero attached hydrogens (tertiary/aromatic N) is 1. The molecule has 1 aromatic heterocycles. The number of rotatable bonds is 4. The van der Waals surface area contributed by atoms with Crippen molar-refractivity contribution in [1.29, 1.82) is 0 Å². The van der Waals surface area contributed by atoms with Gasteiger partial charge in [0.15, 0.2) is 6.39 Å². The lowest BCUT2D eigenvalue weighted by Crippen LogP contribution is -1.93. The van der Waals surface area contributed by atoms with Gasteiger partial charge in [0.05, 0.1) is 5.69 Å². The molecule has 2 aromatic rings. The molecule has 2 nitrogen and oxygen atoms in total. The third-order valence-corrected chi connectivity index (χ3v) is 2.42. The Kier molecular flexibility index (Phi) is 3.18. The van der Waals surface area contributed by atoms with Crippen LogP contribution in [-0.2, 0) is 12.8 Å². The molecule has 0 spiro atoms. The number of aromatic nitrogens is 1. The van der Waals surface area contributed by atoms with Gasteiger partial charge in [-0.15, -0.1) is 0 Å². The van der Waals surface area contributed by atoms with Gasteiger partial charge in [-0.2, -0.15) is 0 Å². The van der Waals surface area contributed by atoms with Crippen molar-refractivity contribution in [3.05, 3.63) is 53.7 Å². The average molecular weight is 201 g/mol. The molecular weight excluding hydrogens is 186 g/mol. The zero-order valence-electron chi connectivity index (χ0n) is 8.94. The summed E-state index contributed by atoms with van der Waals surface area (Å²) in [6.07, 6.45) is 4.48. The fraction of sp³-hybridized carbons (Fsp3) is 0.308. The second-order valence-corrected chi connectivity index (χ2v) is 3.63. The summed E-state index contributed by atoms with van der Waals surface area (Å²) in [5.41, 5.74) is 2.35. The molecule has 78 valence electrons. The molecule has 0 radical (unpaired) electrons. The van der Waals surface area contributed by atoms with Crippen LogP contribution in [0, 0.1) is 0 Å². The molecule has 0 bridgehead atoms. The van der Waals surface area contributed by atoms with E-state index in [1.54, 1.807) is 6.39 Å². The van der Waals surface area contributed by atoms with Gasteiger partial charge in [0.1, 0.15) is 5.76 Å². The summed E-state index contributed by atoms with van der Waals surface area (Å²) in [6.45, 7) is 2.15. The van der Waals surface area contributed by atoms with Gasteiger partial charge in [0.2, 0.25) is 0 Å². The van der Waals surface area contributed by atoms with Crippen molar-refractivity contribution in [1.82, 2.24) is 4.98 Å². The molecule has 0 fully saturated rings. The molecule has 0 aliphatic carbocycles. The summed E-state index contributed by atoms with van der Waals surface area (Å²) in [6, 6.07) is 10.4. The highest BCUT2D eigenvalue weighted by Crippen LogP contribution is 2.14. The Morgan fingerprint density at radius 2 is 2.00 bits per heavy atom. The number of hydrogen-bond acceptors (Lipinski definition) is 2. The number of benzene rings is 1. The van der Waals surface area contributed by atoms with Crippen LogP contribution in [0.2, 0.25) is 0 Å². The highest BCUT2D eigenvalue weighted by atomic mass is 16.3. The minimum Gasteiger partial charge on any atom is -0.448 e. The van der Waals surface area contributed by atoms with Crippen LogP contribution in [0.5, 0.6) is 0 Å². The zero-order valence-corrected chi connectivity index (χ0v) is 8.94. The lowest BCUT2D eigenvalue weighted by Gasteiger charge is -1.99. The Morgan fingerprint density at radius 1 is 1.20 bits per heavy atom. The van der Waals surface area contributed by atoms with E-state index in [-0.39, 0.29) is 0 Å². The van der Waals surface area contributed by atoms with Gasteiger partial charge in [-0.3, -0.25) is 0 Å². The maximum absolute atomic E-state index is 5.37. The molecule has 0 unspecified atom stereocenters. The molecule has 0 atom stereocenters. The SMILES string of the molecule is CCCc1ocnc1Cc1ccccc1. The van der Waals surface area contributed by atoms with Crippen LogP contribution < -0.4 is 0 Å². The van der Waals surface area contributed by atoms with Crippen LogP contribution >= 0.6 is 0 Å². The van der Waals surface area contributed by atoms with Crippen molar-refractivity contribution in [2.45, 2.75) is 26.2 Å². The van der Waals surface area contributed by atoms with Gasteiger partial charge in [0.25, 0.3) is 0 Å². The van der Waals surface area contributed by atoms with Crippen molar-refractivity contribution in [2.24, 2.45) is 0 Å². The van der Waals surface area contributed by atoms with Crippen LogP contribution in [0.15, 0.2) is 41.1 Å². The van der Waals surface area contributed by atoms with Crippen LogP contribution in [0.3, 0.4) is 0 Å². The lowest BCUT2D eigenvalue weighted by atomic mass is 10.1. The van der Waals surface area contributed by atoms with Crippen LogP contribution in [0.25, 0.3) is 0 Å². The fourth-order valence-corrected chi connectivity index (χ4v) is 1.66. The van der Waals surface area contributed by atoms with Crippen LogP contribution in [0.4, 0.5) is 0 Å². The molecule has 2 heteroatoms. The second kappa shape index (κ2) is 4.78. The van der Waals surface area contributed by atoms with Gasteiger partial charge >= 0.3 is 0 Å². The predicted octanol–water partition coefficient (Wildman–Crippen LogP) is 3.22. The van der Waals surface area contributed by atoms with E-state index in [2.05, 4.69) is 36.2 Å². The lowest BCUT2D eigenvalue weighted by molar-refractivity contribution is 0.498. The van der Waals surface area contributed by atoms with Crippen molar-refractivity contribution in [2.75, 3.05) is 0 Å². The summed E-state index contributed by atoms with van der Waals surface area (Å²) in [4.78, 5) is 4.26. The van der Waals surface area contributed by atoms with Crippen molar-refractivity contribution in [3.8, 4) is 0 Å². The Morgan fingerprint density at radius 3 is 2.73 bits per heavy atom. The largest absolute Gasteiger partial charge is 0.448 e. The minimum absolute atomic E-state index is 0.868. The quantitative estimate of drug-likeness (QED) is 0.759. The van der Waals surface area contributed by atoms with Gasteiger partial charge in [0, 0.05) is 12.8 Å². The first-order chi connectivity index (χ1) is 7.40. The number of hydrogen-bond donors (Lipinski definition) is 0. The van der Waals surface area contributed by atoms with E-state index in [0.29, 0.717) is 0 Å². The first kappa shape index (κ1) is 9.97. The third kappa shape index (κ3) is 2.46. The monoisotopic (exact) mass is 201 g/mol. The summed E-state index contributed by atoms with van der Waals surface area (Å²) in [5, 5.41) is 0. The highest BCUT2D eigenvalue weighted by molar-refractivity contribution is 5.22. The maximum Gasteiger partial charge on any atom is 0.181 e. The van der Waals surface area contributed by atoms with Gasteiger partial charge in [-0.05, 0) is 12.0 Å². The smallest absolute Gasteiger partial charge is 0.181 e. The molecular formula is C13H15NO. The highest BCUT2D eigenvalue weighted by Gasteiger charge is 2.07. The summed E-state index contributed by atoms with van der Waals surface area (Å²) in [5.74, 6) is 1.03. The first-order valence-corrected chi connectivity index (χ1v) is 5.35. The summed E-state index contributed by atoms with van der Waals surface area (Å²) >= 11 is 0. The fourth-order valence-electron chi connectivity index (χ4n) is 1.66. The minimum atomic E-state index is 0.868. The first-order valence-electron chi connectivity index (χ1n) is 5.35. The van der Waals surface area contributed by atoms with E-state index in [1.807, 2.05) is 6.07 Å². The summed E-state index contributed by atoms with van der Waals surface area (Å²) < 4.78 is 5.37. The Balaban J connectivity index is 2.14. The Bertz CT molecular complexity index is 405. The molecule has 1 aromatic carbocycles. The van der Waals surface area contributed by atoms with Crippen LogP contribution in [-0.4, -0.2) is 4.98 Å². The molecule has 15 heavy (non-hydrogen) atoms. The summed E-state index contributed by atoms with van der Waals surface area (Å²) in [7, 11) is 0. The molecule has 1 heterocycles. The topological polar surface area (TPSA) is 26.0 Å². The van der Waals surface area contributed by atoms with Gasteiger partial charge in [-0.25, -0.2) is 4.98 Å². The second-order valence-electron chi connectivity index (χ2n) is 3.63. The number of oxazole rings is 1. The standard InChI is InChI=1S/C13H15NO/c1-2-6-13-12(14-10-15-13)9-11-7-4-3-5-8-11/h3-5,7-8,10H,2,6,9H2,1H3. The molecule has 0 saturated heterocycles. The molecule has 0 saturated carbocycles. The molecule has 0 N–H and O–H groups in total. The van der Waals surface area contributed by atoms with Gasteiger partial charge in [-0.1, -0.05) is 37.3 Å². The molecule has 0 aliphatic heterocycles. The van der Waals surface area contributed by atoms with Gasteiger partial charge < -0.3 is 4.42 Å². The molecule has 2 rings (SSSR count). The maximum atomic E-state index is 5.37. The van der Waals surface area contributed by atoms with E-state index < -0.39 is 0 Å². The van der Waals surface area contributed by atoms with E-state index in [4.69, 9.17) is 4.42 Å². The normalized spacial score (nSPS) is 10.5. The third-order valence-electron chi connectivity index (χ3n) is 2.42. The van der Waals surface area contributed by atoms with E-state index in [9.17, 15) is 0 Å². The molecule has 0 amide bonds. The average Bonchev–Trinajstić information content (AvgIpc) is 2.68. The van der Waals surface area contributed by atoms with Crippen molar-refractivity contribution in [3.63, 3.8) is 0 Å². The number of aryl methyl sites for hydroxylation is 1. The predicted molar refractivity (Wildman–Crippen MR) is 59.7 cm³/mol. The van der Waals surface area contributed by atoms with Crippen LogP contribution in [0.1, 0.15) is 30.4 Å². The molecule has 0 aliphatic rings. The van der Waals surface area contributed by atoms with Crippen molar-refractivity contribution < 1.29 is 4.42 Å².